The van der Waals surface area contributed by atoms with Crippen molar-refractivity contribution in [2.75, 3.05) is 0 Å². The molecule has 0 amide bonds. The maximum atomic E-state index is 5.57. The highest BCUT2D eigenvalue weighted by molar-refractivity contribution is 6.12. The summed E-state index contributed by atoms with van der Waals surface area (Å²) in [5.74, 6) is 0. The molecular formula is C57H37N5. The predicted octanol–water partition coefficient (Wildman–Crippen LogP) is 14.3. The zero-order valence-electron chi connectivity index (χ0n) is 34.1. The monoisotopic (exact) mass is 791 g/mol. The van der Waals surface area contributed by atoms with E-state index in [1.165, 1.54) is 43.8 Å². The molecule has 13 rings (SSSR count). The standard InChI is InChI=1S/C57H37N5/c1-57(2)47-33-46(40-22-16-34-10-3-5-12-38(34)30-40)44-14-9-27-58-53(44)50(47)55-48(57)32-42-24-25-45-43(26-28-59-54(45)51(42)61-55)36-18-20-37(21-19-36)56-52(60-49-15-7-8-29-62(49)56)41-23-17-35-11-4-6-13-39(35)31-41/h3-33H,1-2H3. The van der Waals surface area contributed by atoms with Gasteiger partial charge in [0.25, 0.3) is 0 Å². The second-order valence-electron chi connectivity index (χ2n) is 17.1. The van der Waals surface area contributed by atoms with E-state index >= 15 is 0 Å². The Morgan fingerprint density at radius 3 is 1.89 bits per heavy atom. The van der Waals surface area contributed by atoms with Crippen molar-refractivity contribution in [3.05, 3.63) is 200 Å². The molecule has 62 heavy (non-hydrogen) atoms. The lowest BCUT2D eigenvalue weighted by Crippen LogP contribution is -2.15. The van der Waals surface area contributed by atoms with Gasteiger partial charge in [-0.1, -0.05) is 135 Å². The molecule has 1 aliphatic rings. The van der Waals surface area contributed by atoms with Crippen molar-refractivity contribution >= 4 is 59.9 Å². The van der Waals surface area contributed by atoms with Crippen LogP contribution in [-0.2, 0) is 5.41 Å². The number of hydrogen-bond donors (Lipinski definition) is 0. The van der Waals surface area contributed by atoms with Crippen molar-refractivity contribution in [3.63, 3.8) is 0 Å². The molecule has 5 aromatic heterocycles. The van der Waals surface area contributed by atoms with E-state index in [0.717, 1.165) is 83.3 Å². The highest BCUT2D eigenvalue weighted by Crippen LogP contribution is 2.53. The molecular weight excluding hydrogens is 755 g/mol. The zero-order valence-corrected chi connectivity index (χ0v) is 34.1. The number of nitrogens with zero attached hydrogens (tertiary/aromatic N) is 5. The first-order valence-corrected chi connectivity index (χ1v) is 21.2. The van der Waals surface area contributed by atoms with E-state index in [0.29, 0.717) is 0 Å². The number of pyridine rings is 4. The Hall–Kier alpha value is -8.02. The SMILES string of the molecule is CC1(C)c2cc3ccc4c(-c5ccc(-c6c(-c7ccc8ccccc8c7)nc7ccccn67)cc5)ccnc4c3nc2-c2c1cc(-c1ccc3ccccc3c1)c1cccnc21. The van der Waals surface area contributed by atoms with Crippen LogP contribution in [0.2, 0.25) is 0 Å². The number of fused-ring (bicyclic) bond motifs is 11. The Morgan fingerprint density at radius 2 is 1.08 bits per heavy atom. The van der Waals surface area contributed by atoms with Gasteiger partial charge in [-0.15, -0.1) is 0 Å². The van der Waals surface area contributed by atoms with E-state index in [9.17, 15) is 0 Å². The van der Waals surface area contributed by atoms with Gasteiger partial charge in [0, 0.05) is 56.9 Å². The first kappa shape index (κ1) is 34.8. The van der Waals surface area contributed by atoms with Gasteiger partial charge in [0.15, 0.2) is 0 Å². The first-order valence-electron chi connectivity index (χ1n) is 21.2. The topological polar surface area (TPSA) is 56.0 Å². The van der Waals surface area contributed by atoms with Gasteiger partial charge in [-0.05, 0) is 103 Å². The smallest absolute Gasteiger partial charge is 0.137 e. The lowest BCUT2D eigenvalue weighted by molar-refractivity contribution is 0.660. The highest BCUT2D eigenvalue weighted by Gasteiger charge is 2.39. The number of benzene rings is 7. The quantitative estimate of drug-likeness (QED) is 0.167. The number of rotatable bonds is 4. The van der Waals surface area contributed by atoms with E-state index < -0.39 is 0 Å². The molecule has 5 nitrogen and oxygen atoms in total. The summed E-state index contributed by atoms with van der Waals surface area (Å²) in [6, 6.07) is 61.0. The summed E-state index contributed by atoms with van der Waals surface area (Å²) in [4.78, 5) is 20.8. The summed E-state index contributed by atoms with van der Waals surface area (Å²) >= 11 is 0. The summed E-state index contributed by atoms with van der Waals surface area (Å²) < 4.78 is 2.19. The van der Waals surface area contributed by atoms with E-state index in [1.54, 1.807) is 0 Å². The van der Waals surface area contributed by atoms with Gasteiger partial charge in [-0.25, -0.2) is 9.97 Å². The maximum absolute atomic E-state index is 5.57. The number of imidazole rings is 1. The second-order valence-corrected chi connectivity index (χ2v) is 17.1. The van der Waals surface area contributed by atoms with E-state index in [4.69, 9.17) is 19.9 Å². The van der Waals surface area contributed by atoms with Crippen LogP contribution in [0.15, 0.2) is 188 Å². The maximum Gasteiger partial charge on any atom is 0.137 e. The van der Waals surface area contributed by atoms with Crippen molar-refractivity contribution in [1.29, 1.82) is 0 Å². The molecule has 0 saturated heterocycles. The average Bonchev–Trinajstić information content (AvgIpc) is 3.82. The fraction of sp³-hybridized carbons (Fsp3) is 0.0526. The number of aromatic nitrogens is 5. The summed E-state index contributed by atoms with van der Waals surface area (Å²) in [6.45, 7) is 4.64. The van der Waals surface area contributed by atoms with Gasteiger partial charge in [-0.2, -0.15) is 0 Å². The minimum absolute atomic E-state index is 0.288. The molecule has 0 N–H and O–H groups in total. The Morgan fingerprint density at radius 1 is 0.419 bits per heavy atom. The van der Waals surface area contributed by atoms with Crippen LogP contribution in [0, 0.1) is 0 Å². The normalized spacial score (nSPS) is 13.1. The Labute approximate surface area is 357 Å². The van der Waals surface area contributed by atoms with Crippen LogP contribution >= 0.6 is 0 Å². The summed E-state index contributed by atoms with van der Waals surface area (Å²) in [6.07, 6.45) is 5.93. The molecule has 0 fully saturated rings. The van der Waals surface area contributed by atoms with Crippen LogP contribution in [0.25, 0.3) is 116 Å². The van der Waals surface area contributed by atoms with E-state index in [1.807, 2.05) is 24.5 Å². The van der Waals surface area contributed by atoms with Crippen LogP contribution in [0.4, 0.5) is 0 Å². The average molecular weight is 792 g/mol. The molecule has 7 aromatic carbocycles. The highest BCUT2D eigenvalue weighted by atomic mass is 15.0. The van der Waals surface area contributed by atoms with Gasteiger partial charge in [-0.3, -0.25) is 14.4 Å². The molecule has 0 saturated carbocycles. The molecule has 5 heterocycles. The lowest BCUT2D eigenvalue weighted by Gasteiger charge is -2.23. The van der Waals surface area contributed by atoms with Crippen molar-refractivity contribution < 1.29 is 0 Å². The molecule has 0 bridgehead atoms. The minimum atomic E-state index is -0.288. The predicted molar refractivity (Wildman–Crippen MR) is 255 cm³/mol. The van der Waals surface area contributed by atoms with Crippen LogP contribution < -0.4 is 0 Å². The fourth-order valence-electron chi connectivity index (χ4n) is 10.1. The molecule has 0 spiro atoms. The minimum Gasteiger partial charge on any atom is -0.299 e. The first-order chi connectivity index (χ1) is 30.5. The summed E-state index contributed by atoms with van der Waals surface area (Å²) in [5.41, 5.74) is 16.8. The summed E-state index contributed by atoms with van der Waals surface area (Å²) in [5, 5.41) is 8.15. The van der Waals surface area contributed by atoms with Gasteiger partial charge >= 0.3 is 0 Å². The Bertz CT molecular complexity index is 3840. The molecule has 0 atom stereocenters. The van der Waals surface area contributed by atoms with Crippen LogP contribution in [0.3, 0.4) is 0 Å². The largest absolute Gasteiger partial charge is 0.299 e. The third-order valence-electron chi connectivity index (χ3n) is 13.3. The Balaban J connectivity index is 0.939. The zero-order chi connectivity index (χ0) is 41.1. The van der Waals surface area contributed by atoms with Crippen molar-refractivity contribution in [2.45, 2.75) is 19.3 Å². The van der Waals surface area contributed by atoms with E-state index in [-0.39, 0.29) is 5.41 Å². The van der Waals surface area contributed by atoms with Crippen molar-refractivity contribution in [3.8, 4) is 56.0 Å². The van der Waals surface area contributed by atoms with Crippen LogP contribution in [0.1, 0.15) is 25.0 Å². The third-order valence-corrected chi connectivity index (χ3v) is 13.3. The van der Waals surface area contributed by atoms with Crippen molar-refractivity contribution in [1.82, 2.24) is 24.3 Å². The molecule has 290 valence electrons. The van der Waals surface area contributed by atoms with Gasteiger partial charge < -0.3 is 0 Å². The number of hydrogen-bond acceptors (Lipinski definition) is 4. The van der Waals surface area contributed by atoms with Gasteiger partial charge in [0.1, 0.15) is 5.65 Å². The molecule has 12 aromatic rings. The second kappa shape index (κ2) is 13.0. The molecule has 0 aliphatic heterocycles. The van der Waals surface area contributed by atoms with Crippen molar-refractivity contribution in [2.24, 2.45) is 0 Å². The van der Waals surface area contributed by atoms with Gasteiger partial charge in [0.2, 0.25) is 0 Å². The van der Waals surface area contributed by atoms with Crippen LogP contribution in [-0.4, -0.2) is 24.3 Å². The molecule has 0 unspecified atom stereocenters. The lowest BCUT2D eigenvalue weighted by atomic mass is 9.80. The fourth-order valence-corrected chi connectivity index (χ4v) is 10.1. The van der Waals surface area contributed by atoms with Gasteiger partial charge in [0.05, 0.1) is 33.6 Å². The molecule has 0 radical (unpaired) electrons. The summed E-state index contributed by atoms with van der Waals surface area (Å²) in [7, 11) is 0. The van der Waals surface area contributed by atoms with E-state index in [2.05, 4.69) is 182 Å². The molecule has 1 aliphatic carbocycles. The Kier molecular flexibility index (Phi) is 7.29. The third kappa shape index (κ3) is 5.09. The van der Waals surface area contributed by atoms with Crippen LogP contribution in [0.5, 0.6) is 0 Å². The molecule has 5 heteroatoms.